The van der Waals surface area contributed by atoms with Crippen LogP contribution in [0.4, 0.5) is 0 Å². The summed E-state index contributed by atoms with van der Waals surface area (Å²) in [5.74, 6) is 1.30. The predicted octanol–water partition coefficient (Wildman–Crippen LogP) is 2.95. The van der Waals surface area contributed by atoms with Crippen LogP contribution in [0.2, 0.25) is 0 Å². The van der Waals surface area contributed by atoms with Crippen molar-refractivity contribution in [3.8, 4) is 5.75 Å². The van der Waals surface area contributed by atoms with Crippen LogP contribution in [0, 0.1) is 6.92 Å². The summed E-state index contributed by atoms with van der Waals surface area (Å²) in [4.78, 5) is 0. The molecule has 1 heterocycles. The number of hydrogen-bond donors (Lipinski definition) is 1. The van der Waals surface area contributed by atoms with Crippen molar-refractivity contribution in [3.05, 3.63) is 29.5 Å². The van der Waals surface area contributed by atoms with Gasteiger partial charge in [0.1, 0.15) is 5.75 Å². The highest BCUT2D eigenvalue weighted by atomic mass is 16.5. The van der Waals surface area contributed by atoms with E-state index in [0.717, 1.165) is 5.75 Å². The number of nitrogens with two attached hydrogens (primary N) is 1. The van der Waals surface area contributed by atoms with Crippen LogP contribution in [-0.4, -0.2) is 17.7 Å². The number of hydrogen-bond acceptors (Lipinski definition) is 2. The number of nitrogens with zero attached hydrogens (tertiary/aromatic N) is 1. The molecule has 3 nitrogen and oxygen atoms in total. The largest absolute Gasteiger partial charge is 0.494 e. The second-order valence-corrected chi connectivity index (χ2v) is 4.81. The molecule has 0 bridgehead atoms. The molecule has 0 spiro atoms. The quantitative estimate of drug-likeness (QED) is 0.901. The molecule has 0 fully saturated rings. The highest BCUT2D eigenvalue weighted by Crippen LogP contribution is 2.33. The first-order valence-electron chi connectivity index (χ1n) is 6.51. The molecule has 0 radical (unpaired) electrons. The van der Waals surface area contributed by atoms with Gasteiger partial charge in [-0.25, -0.2) is 0 Å². The van der Waals surface area contributed by atoms with Crippen LogP contribution in [0.15, 0.2) is 18.2 Å². The molecule has 98 valence electrons. The number of rotatable bonds is 4. The molecule has 0 saturated carbocycles. The van der Waals surface area contributed by atoms with E-state index in [-0.39, 0.29) is 0 Å². The third kappa shape index (κ3) is 1.99. The van der Waals surface area contributed by atoms with Gasteiger partial charge in [-0.3, -0.25) is 0 Å². The van der Waals surface area contributed by atoms with Gasteiger partial charge in [0.05, 0.1) is 6.61 Å². The number of benzene rings is 1. The molecule has 1 aromatic carbocycles. The van der Waals surface area contributed by atoms with Crippen molar-refractivity contribution in [2.45, 2.75) is 26.7 Å². The molecule has 0 aliphatic carbocycles. The SMILES string of the molecule is CCOc1ccc2c(c1)c(C(C)CN)c(C)n2C. The minimum atomic E-state index is 0.366. The van der Waals surface area contributed by atoms with Crippen LogP contribution < -0.4 is 10.5 Å². The number of aryl methyl sites for hydroxylation is 1. The standard InChI is InChI=1S/C15H22N2O/c1-5-18-12-6-7-14-13(8-12)15(10(2)9-16)11(3)17(14)4/h6-8,10H,5,9,16H2,1-4H3. The van der Waals surface area contributed by atoms with Crippen molar-refractivity contribution in [3.63, 3.8) is 0 Å². The van der Waals surface area contributed by atoms with E-state index in [1.807, 2.05) is 13.0 Å². The van der Waals surface area contributed by atoms with Gasteiger partial charge in [-0.1, -0.05) is 6.92 Å². The maximum Gasteiger partial charge on any atom is 0.120 e. The Morgan fingerprint density at radius 2 is 2.11 bits per heavy atom. The van der Waals surface area contributed by atoms with Gasteiger partial charge in [0.2, 0.25) is 0 Å². The molecule has 0 aliphatic rings. The van der Waals surface area contributed by atoms with E-state index >= 15 is 0 Å². The van der Waals surface area contributed by atoms with E-state index in [0.29, 0.717) is 19.1 Å². The molecule has 2 rings (SSSR count). The Hall–Kier alpha value is -1.48. The second kappa shape index (κ2) is 5.02. The second-order valence-electron chi connectivity index (χ2n) is 4.81. The maximum absolute atomic E-state index is 5.83. The molecule has 2 N–H and O–H groups in total. The Morgan fingerprint density at radius 3 is 2.72 bits per heavy atom. The Labute approximate surface area is 109 Å². The van der Waals surface area contributed by atoms with Crippen LogP contribution >= 0.6 is 0 Å². The fourth-order valence-electron chi connectivity index (χ4n) is 2.58. The van der Waals surface area contributed by atoms with Gasteiger partial charge in [-0.05, 0) is 50.1 Å². The van der Waals surface area contributed by atoms with Crippen molar-refractivity contribution >= 4 is 10.9 Å². The van der Waals surface area contributed by atoms with Gasteiger partial charge in [0.15, 0.2) is 0 Å². The van der Waals surface area contributed by atoms with Crippen LogP contribution in [0.1, 0.15) is 31.0 Å². The topological polar surface area (TPSA) is 40.2 Å². The van der Waals surface area contributed by atoms with Gasteiger partial charge < -0.3 is 15.0 Å². The third-order valence-electron chi connectivity index (χ3n) is 3.67. The fraction of sp³-hybridized carbons (Fsp3) is 0.467. The molecular weight excluding hydrogens is 224 g/mol. The summed E-state index contributed by atoms with van der Waals surface area (Å²) in [6.07, 6.45) is 0. The smallest absolute Gasteiger partial charge is 0.120 e. The minimum absolute atomic E-state index is 0.366. The van der Waals surface area contributed by atoms with Gasteiger partial charge >= 0.3 is 0 Å². The summed E-state index contributed by atoms with van der Waals surface area (Å²) >= 11 is 0. The molecule has 0 saturated heterocycles. The lowest BCUT2D eigenvalue weighted by atomic mass is 9.98. The highest BCUT2D eigenvalue weighted by molar-refractivity contribution is 5.87. The van der Waals surface area contributed by atoms with Crippen LogP contribution in [-0.2, 0) is 7.05 Å². The zero-order valence-electron chi connectivity index (χ0n) is 11.7. The average Bonchev–Trinajstić information content (AvgIpc) is 2.61. The maximum atomic E-state index is 5.83. The van der Waals surface area contributed by atoms with Crippen LogP contribution in [0.3, 0.4) is 0 Å². The average molecular weight is 246 g/mol. The van der Waals surface area contributed by atoms with Gasteiger partial charge in [-0.15, -0.1) is 0 Å². The lowest BCUT2D eigenvalue weighted by Gasteiger charge is -2.10. The van der Waals surface area contributed by atoms with Crippen LogP contribution in [0.5, 0.6) is 5.75 Å². The lowest BCUT2D eigenvalue weighted by molar-refractivity contribution is 0.340. The minimum Gasteiger partial charge on any atom is -0.494 e. The van der Waals surface area contributed by atoms with Crippen molar-refractivity contribution in [2.24, 2.45) is 12.8 Å². The van der Waals surface area contributed by atoms with E-state index < -0.39 is 0 Å². The first kappa shape index (κ1) is 13.0. The molecular formula is C15H22N2O. The van der Waals surface area contributed by atoms with E-state index in [4.69, 9.17) is 10.5 Å². The van der Waals surface area contributed by atoms with Crippen molar-refractivity contribution < 1.29 is 4.74 Å². The Kier molecular flexibility index (Phi) is 3.62. The summed E-state index contributed by atoms with van der Waals surface area (Å²) in [5.41, 5.74) is 9.70. The van der Waals surface area contributed by atoms with Crippen molar-refractivity contribution in [2.75, 3.05) is 13.2 Å². The van der Waals surface area contributed by atoms with E-state index in [1.54, 1.807) is 0 Å². The van der Waals surface area contributed by atoms with Gasteiger partial charge in [-0.2, -0.15) is 0 Å². The number of aromatic nitrogens is 1. The monoisotopic (exact) mass is 246 g/mol. The molecule has 0 aliphatic heterocycles. The molecule has 0 amide bonds. The number of fused-ring (bicyclic) bond motifs is 1. The lowest BCUT2D eigenvalue weighted by Crippen LogP contribution is -2.10. The molecule has 1 unspecified atom stereocenters. The summed E-state index contributed by atoms with van der Waals surface area (Å²) in [5, 5.41) is 1.26. The Balaban J connectivity index is 2.66. The Bertz CT molecular complexity index is 557. The molecule has 2 aromatic rings. The van der Waals surface area contributed by atoms with E-state index in [9.17, 15) is 0 Å². The predicted molar refractivity (Wildman–Crippen MR) is 76.3 cm³/mol. The summed E-state index contributed by atoms with van der Waals surface area (Å²) in [6.45, 7) is 7.69. The molecule has 1 atom stereocenters. The van der Waals surface area contributed by atoms with E-state index in [1.165, 1.54) is 22.2 Å². The molecule has 18 heavy (non-hydrogen) atoms. The first-order chi connectivity index (χ1) is 8.60. The highest BCUT2D eigenvalue weighted by Gasteiger charge is 2.16. The normalized spacial score (nSPS) is 12.9. The summed E-state index contributed by atoms with van der Waals surface area (Å²) in [7, 11) is 2.10. The van der Waals surface area contributed by atoms with Crippen molar-refractivity contribution in [1.82, 2.24) is 4.57 Å². The van der Waals surface area contributed by atoms with Gasteiger partial charge in [0.25, 0.3) is 0 Å². The third-order valence-corrected chi connectivity index (χ3v) is 3.67. The zero-order valence-corrected chi connectivity index (χ0v) is 11.7. The Morgan fingerprint density at radius 1 is 1.39 bits per heavy atom. The van der Waals surface area contributed by atoms with Crippen molar-refractivity contribution in [1.29, 1.82) is 0 Å². The fourth-order valence-corrected chi connectivity index (χ4v) is 2.58. The van der Waals surface area contributed by atoms with E-state index in [2.05, 4.69) is 37.6 Å². The number of ether oxygens (including phenoxy) is 1. The summed E-state index contributed by atoms with van der Waals surface area (Å²) < 4.78 is 7.82. The zero-order chi connectivity index (χ0) is 13.3. The van der Waals surface area contributed by atoms with Crippen LogP contribution in [0.25, 0.3) is 10.9 Å². The molecule has 1 aromatic heterocycles. The first-order valence-corrected chi connectivity index (χ1v) is 6.51. The van der Waals surface area contributed by atoms with Gasteiger partial charge in [0, 0.05) is 23.6 Å². The molecule has 3 heteroatoms. The summed E-state index contributed by atoms with van der Waals surface area (Å²) in [6, 6.07) is 6.29.